The molecule has 1 aromatic heterocycles. The van der Waals surface area contributed by atoms with Crippen molar-refractivity contribution in [2.75, 3.05) is 19.6 Å². The summed E-state index contributed by atoms with van der Waals surface area (Å²) >= 11 is 0. The summed E-state index contributed by atoms with van der Waals surface area (Å²) in [6.07, 6.45) is 4.65. The number of nitrogens with one attached hydrogen (secondary N) is 1. The first-order valence-electron chi connectivity index (χ1n) is 7.07. The maximum Gasteiger partial charge on any atom is 0.0764 e. The highest BCUT2D eigenvalue weighted by Gasteiger charge is 2.19. The van der Waals surface area contributed by atoms with Crippen molar-refractivity contribution in [3.05, 3.63) is 18.0 Å². The lowest BCUT2D eigenvalue weighted by atomic mass is 9.96. The van der Waals surface area contributed by atoms with E-state index in [1.807, 2.05) is 17.9 Å². The number of piperidine rings is 1. The summed E-state index contributed by atoms with van der Waals surface area (Å²) in [5, 5.41) is 7.99. The molecule has 2 heterocycles. The fourth-order valence-corrected chi connectivity index (χ4v) is 2.53. The summed E-state index contributed by atoms with van der Waals surface area (Å²) in [5.74, 6) is 0.854. The topological polar surface area (TPSA) is 33.1 Å². The summed E-state index contributed by atoms with van der Waals surface area (Å²) < 4.78 is 1.88. The van der Waals surface area contributed by atoms with E-state index < -0.39 is 0 Å². The SMILES string of the molecule is CC(C)NCC1CCN(Cc2ccn(C)n2)CC1. The maximum absolute atomic E-state index is 4.45. The van der Waals surface area contributed by atoms with E-state index in [0.717, 1.165) is 12.5 Å². The van der Waals surface area contributed by atoms with Crippen LogP contribution in [0.2, 0.25) is 0 Å². The Morgan fingerprint density at radius 3 is 2.67 bits per heavy atom. The van der Waals surface area contributed by atoms with Gasteiger partial charge < -0.3 is 5.32 Å². The van der Waals surface area contributed by atoms with Crippen LogP contribution in [0.4, 0.5) is 0 Å². The Bertz CT molecular complexity index is 350. The Morgan fingerprint density at radius 1 is 1.39 bits per heavy atom. The summed E-state index contributed by atoms with van der Waals surface area (Å²) in [4.78, 5) is 2.52. The molecule has 0 radical (unpaired) electrons. The number of nitrogens with zero attached hydrogens (tertiary/aromatic N) is 3. The molecule has 0 unspecified atom stereocenters. The van der Waals surface area contributed by atoms with Crippen LogP contribution in [0, 0.1) is 5.92 Å². The number of aromatic nitrogens is 2. The number of aryl methyl sites for hydroxylation is 1. The van der Waals surface area contributed by atoms with Gasteiger partial charge in [-0.05, 0) is 44.5 Å². The molecule has 1 aromatic rings. The molecule has 18 heavy (non-hydrogen) atoms. The van der Waals surface area contributed by atoms with Gasteiger partial charge in [0.2, 0.25) is 0 Å². The monoisotopic (exact) mass is 250 g/mol. The van der Waals surface area contributed by atoms with Crippen LogP contribution in [0.25, 0.3) is 0 Å². The highest BCUT2D eigenvalue weighted by Crippen LogP contribution is 2.18. The zero-order valence-corrected chi connectivity index (χ0v) is 11.9. The molecule has 0 atom stereocenters. The van der Waals surface area contributed by atoms with E-state index >= 15 is 0 Å². The Balaban J connectivity index is 1.70. The van der Waals surface area contributed by atoms with Gasteiger partial charge >= 0.3 is 0 Å². The Hall–Kier alpha value is -0.870. The fraction of sp³-hybridized carbons (Fsp3) is 0.786. The van der Waals surface area contributed by atoms with E-state index in [1.54, 1.807) is 0 Å². The highest BCUT2D eigenvalue weighted by molar-refractivity contribution is 4.98. The van der Waals surface area contributed by atoms with Gasteiger partial charge in [0, 0.05) is 25.8 Å². The van der Waals surface area contributed by atoms with Gasteiger partial charge in [-0.3, -0.25) is 9.58 Å². The van der Waals surface area contributed by atoms with Crippen LogP contribution in [0.5, 0.6) is 0 Å². The van der Waals surface area contributed by atoms with Crippen LogP contribution in [0.15, 0.2) is 12.3 Å². The van der Waals surface area contributed by atoms with Crippen molar-refractivity contribution in [3.8, 4) is 0 Å². The average Bonchev–Trinajstić information content (AvgIpc) is 2.74. The van der Waals surface area contributed by atoms with Crippen LogP contribution in [-0.2, 0) is 13.6 Å². The Morgan fingerprint density at radius 2 is 2.11 bits per heavy atom. The molecule has 0 saturated carbocycles. The molecule has 1 aliphatic heterocycles. The van der Waals surface area contributed by atoms with E-state index in [1.165, 1.54) is 38.2 Å². The summed E-state index contributed by atoms with van der Waals surface area (Å²) in [6.45, 7) is 9.04. The van der Waals surface area contributed by atoms with Gasteiger partial charge in [0.25, 0.3) is 0 Å². The van der Waals surface area contributed by atoms with E-state index in [4.69, 9.17) is 0 Å². The second kappa shape index (κ2) is 6.34. The third-order valence-corrected chi connectivity index (χ3v) is 3.68. The summed E-state index contributed by atoms with van der Waals surface area (Å²) in [6, 6.07) is 2.73. The van der Waals surface area contributed by atoms with Gasteiger partial charge in [-0.25, -0.2) is 0 Å². The molecule has 1 saturated heterocycles. The zero-order chi connectivity index (χ0) is 13.0. The van der Waals surface area contributed by atoms with Crippen molar-refractivity contribution in [1.29, 1.82) is 0 Å². The fourth-order valence-electron chi connectivity index (χ4n) is 2.53. The molecule has 1 N–H and O–H groups in total. The quantitative estimate of drug-likeness (QED) is 0.862. The minimum Gasteiger partial charge on any atom is -0.314 e. The first-order chi connectivity index (χ1) is 8.63. The normalized spacial score (nSPS) is 18.7. The van der Waals surface area contributed by atoms with Crippen molar-refractivity contribution in [2.24, 2.45) is 13.0 Å². The highest BCUT2D eigenvalue weighted by atomic mass is 15.3. The van der Waals surface area contributed by atoms with Crippen molar-refractivity contribution in [2.45, 2.75) is 39.3 Å². The second-order valence-corrected chi connectivity index (χ2v) is 5.76. The molecule has 0 aromatic carbocycles. The molecule has 102 valence electrons. The molecule has 2 rings (SSSR count). The molecule has 0 amide bonds. The van der Waals surface area contributed by atoms with E-state index in [0.29, 0.717) is 6.04 Å². The number of hydrogen-bond donors (Lipinski definition) is 1. The predicted molar refractivity (Wildman–Crippen MR) is 74.3 cm³/mol. The first-order valence-corrected chi connectivity index (χ1v) is 7.07. The lowest BCUT2D eigenvalue weighted by Gasteiger charge is -2.31. The average molecular weight is 250 g/mol. The minimum absolute atomic E-state index is 0.608. The van der Waals surface area contributed by atoms with Gasteiger partial charge in [-0.15, -0.1) is 0 Å². The number of likely N-dealkylation sites (tertiary alicyclic amines) is 1. The van der Waals surface area contributed by atoms with Crippen molar-refractivity contribution in [1.82, 2.24) is 20.0 Å². The standard InChI is InChI=1S/C14H26N4/c1-12(2)15-10-13-4-8-18(9-5-13)11-14-6-7-17(3)16-14/h6-7,12-13,15H,4-5,8-11H2,1-3H3. The lowest BCUT2D eigenvalue weighted by molar-refractivity contribution is 0.172. The molecule has 0 bridgehead atoms. The van der Waals surface area contributed by atoms with Crippen molar-refractivity contribution in [3.63, 3.8) is 0 Å². The lowest BCUT2D eigenvalue weighted by Crippen LogP contribution is -2.38. The van der Waals surface area contributed by atoms with Crippen LogP contribution < -0.4 is 5.32 Å². The van der Waals surface area contributed by atoms with Crippen LogP contribution in [-0.4, -0.2) is 40.4 Å². The molecule has 4 nitrogen and oxygen atoms in total. The first kappa shape index (κ1) is 13.6. The smallest absolute Gasteiger partial charge is 0.0764 e. The maximum atomic E-state index is 4.45. The van der Waals surface area contributed by atoms with Crippen LogP contribution in [0.3, 0.4) is 0 Å². The molecule has 0 spiro atoms. The zero-order valence-electron chi connectivity index (χ0n) is 11.9. The third-order valence-electron chi connectivity index (χ3n) is 3.68. The Kier molecular flexibility index (Phi) is 4.78. The molecular weight excluding hydrogens is 224 g/mol. The Labute approximate surface area is 110 Å². The second-order valence-electron chi connectivity index (χ2n) is 5.76. The summed E-state index contributed by atoms with van der Waals surface area (Å²) in [7, 11) is 1.98. The van der Waals surface area contributed by atoms with Gasteiger partial charge in [0.05, 0.1) is 5.69 Å². The van der Waals surface area contributed by atoms with Crippen LogP contribution >= 0.6 is 0 Å². The number of rotatable bonds is 5. The van der Waals surface area contributed by atoms with Crippen LogP contribution in [0.1, 0.15) is 32.4 Å². The van der Waals surface area contributed by atoms with Gasteiger partial charge in [0.15, 0.2) is 0 Å². The van der Waals surface area contributed by atoms with Gasteiger partial charge in [-0.2, -0.15) is 5.10 Å². The van der Waals surface area contributed by atoms with Gasteiger partial charge in [-0.1, -0.05) is 13.8 Å². The predicted octanol–water partition coefficient (Wildman–Crippen LogP) is 1.63. The molecule has 0 aliphatic carbocycles. The largest absolute Gasteiger partial charge is 0.314 e. The van der Waals surface area contributed by atoms with E-state index in [-0.39, 0.29) is 0 Å². The minimum atomic E-state index is 0.608. The van der Waals surface area contributed by atoms with E-state index in [9.17, 15) is 0 Å². The molecule has 4 heteroatoms. The van der Waals surface area contributed by atoms with Crippen molar-refractivity contribution >= 4 is 0 Å². The molecule has 1 aliphatic rings. The molecular formula is C14H26N4. The van der Waals surface area contributed by atoms with Gasteiger partial charge in [0.1, 0.15) is 0 Å². The van der Waals surface area contributed by atoms with Crippen molar-refractivity contribution < 1.29 is 0 Å². The summed E-state index contributed by atoms with van der Waals surface area (Å²) in [5.41, 5.74) is 1.19. The van der Waals surface area contributed by atoms with E-state index in [2.05, 4.69) is 35.2 Å². The third kappa shape index (κ3) is 4.10. The number of hydrogen-bond acceptors (Lipinski definition) is 3. The molecule has 1 fully saturated rings.